The number of hydrogen-bond donors (Lipinski definition) is 2. The van der Waals surface area contributed by atoms with Crippen LogP contribution >= 0.6 is 23.9 Å². The van der Waals surface area contributed by atoms with Gasteiger partial charge in [0.15, 0.2) is 0 Å². The Bertz CT molecular complexity index is 908. The van der Waals surface area contributed by atoms with Crippen LogP contribution in [0.15, 0.2) is 42.5 Å². The van der Waals surface area contributed by atoms with E-state index < -0.39 is 0 Å². The van der Waals surface area contributed by atoms with Crippen molar-refractivity contribution in [3.05, 3.63) is 64.8 Å². The van der Waals surface area contributed by atoms with Gasteiger partial charge in [-0.2, -0.15) is 4.37 Å². The van der Waals surface area contributed by atoms with E-state index in [1.807, 2.05) is 43.3 Å². The summed E-state index contributed by atoms with van der Waals surface area (Å²) in [5.74, 6) is -0.143. The fraction of sp³-hybridized carbons (Fsp3) is 0.222. The van der Waals surface area contributed by atoms with Gasteiger partial charge < -0.3 is 11.1 Å². The molecule has 0 bridgehead atoms. The van der Waals surface area contributed by atoms with E-state index in [0.29, 0.717) is 5.69 Å². The van der Waals surface area contributed by atoms with Crippen LogP contribution in [0.4, 0.5) is 0 Å². The average Bonchev–Trinajstić information content (AvgIpc) is 3.09. The van der Waals surface area contributed by atoms with Gasteiger partial charge in [-0.25, -0.2) is 0 Å². The standard InChI is InChI=1S/C18H17N3OS.ClH/c1-10-6-7-15-13(8-10)17(21-23-15)18(22)20-14-9-11-4-2-3-5-12(11)16(14)19;/h2-8,14,16H,9,19H2,1H3,(H,20,22);1H/t14-,16-;/m1./s1. The van der Waals surface area contributed by atoms with E-state index >= 15 is 0 Å². The van der Waals surface area contributed by atoms with E-state index in [4.69, 9.17) is 5.73 Å². The van der Waals surface area contributed by atoms with Gasteiger partial charge in [0.1, 0.15) is 5.69 Å². The number of amides is 1. The summed E-state index contributed by atoms with van der Waals surface area (Å²) >= 11 is 1.35. The molecule has 0 fully saturated rings. The van der Waals surface area contributed by atoms with Gasteiger partial charge in [0.2, 0.25) is 0 Å². The summed E-state index contributed by atoms with van der Waals surface area (Å²) in [6.45, 7) is 2.02. The van der Waals surface area contributed by atoms with Gasteiger partial charge in [0, 0.05) is 5.39 Å². The zero-order valence-corrected chi connectivity index (χ0v) is 14.8. The Labute approximate surface area is 150 Å². The maximum Gasteiger partial charge on any atom is 0.271 e. The Balaban J connectivity index is 0.00000169. The molecule has 1 aliphatic carbocycles. The molecule has 1 amide bonds. The van der Waals surface area contributed by atoms with Gasteiger partial charge in [-0.05, 0) is 48.1 Å². The lowest BCUT2D eigenvalue weighted by Crippen LogP contribution is -2.40. The van der Waals surface area contributed by atoms with Crippen molar-refractivity contribution in [2.45, 2.75) is 25.4 Å². The quantitative estimate of drug-likeness (QED) is 0.737. The summed E-state index contributed by atoms with van der Waals surface area (Å²) in [5.41, 5.74) is 10.2. The van der Waals surface area contributed by atoms with Crippen molar-refractivity contribution in [1.29, 1.82) is 0 Å². The van der Waals surface area contributed by atoms with Gasteiger partial charge in [0.05, 0.1) is 16.8 Å². The summed E-state index contributed by atoms with van der Waals surface area (Å²) in [7, 11) is 0. The second kappa shape index (κ2) is 6.51. The predicted molar refractivity (Wildman–Crippen MR) is 99.9 cm³/mol. The number of rotatable bonds is 2. The maximum atomic E-state index is 12.7. The maximum absolute atomic E-state index is 12.7. The number of aryl methyl sites for hydroxylation is 1. The molecule has 0 aliphatic heterocycles. The highest BCUT2D eigenvalue weighted by atomic mass is 35.5. The Kier molecular flexibility index (Phi) is 4.58. The van der Waals surface area contributed by atoms with E-state index in [2.05, 4.69) is 15.8 Å². The first kappa shape index (κ1) is 16.9. The normalized spacial score (nSPS) is 18.9. The number of benzene rings is 2. The Morgan fingerprint density at radius 3 is 2.88 bits per heavy atom. The summed E-state index contributed by atoms with van der Waals surface area (Å²) in [5, 5.41) is 3.98. The molecule has 1 aliphatic rings. The van der Waals surface area contributed by atoms with Gasteiger partial charge in [-0.15, -0.1) is 12.4 Å². The lowest BCUT2D eigenvalue weighted by Gasteiger charge is -2.17. The molecule has 6 heteroatoms. The summed E-state index contributed by atoms with van der Waals surface area (Å²) < 4.78 is 5.37. The highest BCUT2D eigenvalue weighted by Gasteiger charge is 2.31. The van der Waals surface area contributed by atoms with Crippen LogP contribution in [0.1, 0.15) is 33.2 Å². The Morgan fingerprint density at radius 2 is 2.08 bits per heavy atom. The van der Waals surface area contributed by atoms with Crippen molar-refractivity contribution in [2.24, 2.45) is 5.73 Å². The molecule has 3 aromatic rings. The third-order valence-corrected chi connectivity index (χ3v) is 5.27. The average molecular weight is 360 g/mol. The smallest absolute Gasteiger partial charge is 0.271 e. The number of halogens is 1. The van der Waals surface area contributed by atoms with Crippen LogP contribution in [0.3, 0.4) is 0 Å². The molecular formula is C18H18ClN3OS. The minimum Gasteiger partial charge on any atom is -0.346 e. The molecule has 4 rings (SSSR count). The van der Waals surface area contributed by atoms with Gasteiger partial charge in [0.25, 0.3) is 5.91 Å². The van der Waals surface area contributed by atoms with E-state index in [0.717, 1.165) is 27.6 Å². The van der Waals surface area contributed by atoms with E-state index in [1.165, 1.54) is 17.1 Å². The second-order valence-electron chi connectivity index (χ2n) is 6.04. The fourth-order valence-corrected chi connectivity index (χ4v) is 3.97. The van der Waals surface area contributed by atoms with Crippen LogP contribution in [0.2, 0.25) is 0 Å². The minimum absolute atomic E-state index is 0. The first-order chi connectivity index (χ1) is 11.1. The van der Waals surface area contributed by atoms with Crippen molar-refractivity contribution < 1.29 is 4.79 Å². The van der Waals surface area contributed by atoms with Crippen molar-refractivity contribution in [3.8, 4) is 0 Å². The molecule has 2 aromatic carbocycles. The first-order valence-corrected chi connectivity index (χ1v) is 8.41. The Morgan fingerprint density at radius 1 is 1.29 bits per heavy atom. The van der Waals surface area contributed by atoms with Crippen molar-refractivity contribution in [2.75, 3.05) is 0 Å². The van der Waals surface area contributed by atoms with E-state index in [9.17, 15) is 4.79 Å². The molecule has 3 N–H and O–H groups in total. The van der Waals surface area contributed by atoms with Gasteiger partial charge in [-0.3, -0.25) is 4.79 Å². The molecule has 0 unspecified atom stereocenters. The number of hydrogen-bond acceptors (Lipinski definition) is 4. The third kappa shape index (κ3) is 2.79. The molecule has 124 valence electrons. The van der Waals surface area contributed by atoms with Crippen LogP contribution in [0, 0.1) is 6.92 Å². The second-order valence-corrected chi connectivity index (χ2v) is 6.84. The molecular weight excluding hydrogens is 342 g/mol. The number of fused-ring (bicyclic) bond motifs is 2. The number of carbonyl (C=O) groups is 1. The first-order valence-electron chi connectivity index (χ1n) is 7.64. The summed E-state index contributed by atoms with van der Waals surface area (Å²) in [4.78, 5) is 12.7. The summed E-state index contributed by atoms with van der Waals surface area (Å²) in [6, 6.07) is 13.9. The van der Waals surface area contributed by atoms with Crippen LogP contribution < -0.4 is 11.1 Å². The molecule has 24 heavy (non-hydrogen) atoms. The Hall–Kier alpha value is -1.95. The lowest BCUT2D eigenvalue weighted by atomic mass is 10.1. The molecule has 0 spiro atoms. The van der Waals surface area contributed by atoms with E-state index in [1.54, 1.807) is 0 Å². The van der Waals surface area contributed by atoms with Crippen molar-refractivity contribution in [3.63, 3.8) is 0 Å². The third-order valence-electron chi connectivity index (χ3n) is 4.44. The zero-order valence-electron chi connectivity index (χ0n) is 13.2. The molecule has 1 heterocycles. The zero-order chi connectivity index (χ0) is 16.0. The van der Waals surface area contributed by atoms with Gasteiger partial charge in [-0.1, -0.05) is 35.9 Å². The monoisotopic (exact) mass is 359 g/mol. The summed E-state index contributed by atoms with van der Waals surface area (Å²) in [6.07, 6.45) is 0.768. The highest BCUT2D eigenvalue weighted by Crippen LogP contribution is 2.30. The number of carbonyl (C=O) groups excluding carboxylic acids is 1. The topological polar surface area (TPSA) is 68.0 Å². The molecule has 1 aromatic heterocycles. The number of aromatic nitrogens is 1. The van der Waals surface area contributed by atoms with Crippen LogP contribution in [0.5, 0.6) is 0 Å². The molecule has 0 radical (unpaired) electrons. The molecule has 0 saturated carbocycles. The van der Waals surface area contributed by atoms with Gasteiger partial charge >= 0.3 is 0 Å². The number of nitrogens with two attached hydrogens (primary N) is 1. The number of nitrogens with one attached hydrogen (secondary N) is 1. The van der Waals surface area contributed by atoms with Crippen LogP contribution in [-0.4, -0.2) is 16.3 Å². The van der Waals surface area contributed by atoms with Crippen molar-refractivity contribution >= 4 is 39.9 Å². The molecule has 0 saturated heterocycles. The SMILES string of the molecule is Cc1ccc2snc(C(=O)N[C@@H]3Cc4ccccc4[C@H]3N)c2c1.Cl. The molecule has 2 atom stereocenters. The van der Waals surface area contributed by atoms with Crippen molar-refractivity contribution in [1.82, 2.24) is 9.69 Å². The minimum atomic E-state index is -0.165. The van der Waals surface area contributed by atoms with Crippen LogP contribution in [-0.2, 0) is 6.42 Å². The van der Waals surface area contributed by atoms with Crippen LogP contribution in [0.25, 0.3) is 10.1 Å². The lowest BCUT2D eigenvalue weighted by molar-refractivity contribution is 0.0931. The number of nitrogens with zero attached hydrogens (tertiary/aromatic N) is 1. The fourth-order valence-electron chi connectivity index (χ4n) is 3.22. The predicted octanol–water partition coefficient (Wildman–Crippen LogP) is 3.38. The highest BCUT2D eigenvalue weighted by molar-refractivity contribution is 7.13. The largest absolute Gasteiger partial charge is 0.346 e. The van der Waals surface area contributed by atoms with E-state index in [-0.39, 0.29) is 30.4 Å². The molecule has 4 nitrogen and oxygen atoms in total.